The van der Waals surface area contributed by atoms with Crippen LogP contribution in [0.1, 0.15) is 31.1 Å². The van der Waals surface area contributed by atoms with E-state index in [4.69, 9.17) is 9.72 Å². The van der Waals surface area contributed by atoms with Crippen molar-refractivity contribution in [3.63, 3.8) is 0 Å². The molecule has 0 spiro atoms. The molecule has 1 aromatic heterocycles. The van der Waals surface area contributed by atoms with E-state index in [0.717, 1.165) is 29.7 Å². The largest absolute Gasteiger partial charge is 0.497 e. The molecule has 0 aliphatic rings. The van der Waals surface area contributed by atoms with Gasteiger partial charge in [0.1, 0.15) is 5.75 Å². The molecular formula is C16H23N3OS. The molecule has 1 heterocycles. The smallest absolute Gasteiger partial charge is 0.185 e. The Bertz CT molecular complexity index is 553. The van der Waals surface area contributed by atoms with Crippen molar-refractivity contribution in [1.29, 1.82) is 0 Å². The minimum absolute atomic E-state index is 0.300. The van der Waals surface area contributed by atoms with Gasteiger partial charge in [0.05, 0.1) is 12.8 Å². The van der Waals surface area contributed by atoms with Crippen molar-refractivity contribution in [3.05, 3.63) is 40.9 Å². The lowest BCUT2D eigenvalue weighted by molar-refractivity contribution is 0.414. The Morgan fingerprint density at radius 1 is 1.33 bits per heavy atom. The van der Waals surface area contributed by atoms with Crippen molar-refractivity contribution in [3.8, 4) is 5.75 Å². The predicted molar refractivity (Wildman–Crippen MR) is 89.3 cm³/mol. The van der Waals surface area contributed by atoms with Crippen molar-refractivity contribution < 1.29 is 4.74 Å². The van der Waals surface area contributed by atoms with Gasteiger partial charge in [0.25, 0.3) is 0 Å². The summed E-state index contributed by atoms with van der Waals surface area (Å²) in [4.78, 5) is 6.89. The third-order valence-corrected chi connectivity index (χ3v) is 4.34. The average molecular weight is 305 g/mol. The third-order valence-electron chi connectivity index (χ3n) is 3.37. The van der Waals surface area contributed by atoms with Gasteiger partial charge in [-0.25, -0.2) is 4.98 Å². The van der Waals surface area contributed by atoms with E-state index in [1.807, 2.05) is 12.1 Å². The van der Waals surface area contributed by atoms with Crippen LogP contribution in [0.15, 0.2) is 29.6 Å². The highest BCUT2D eigenvalue weighted by molar-refractivity contribution is 7.13. The summed E-state index contributed by atoms with van der Waals surface area (Å²) in [6.45, 7) is 6.05. The number of nitrogens with zero attached hydrogens (tertiary/aromatic N) is 2. The van der Waals surface area contributed by atoms with Gasteiger partial charge >= 0.3 is 0 Å². The summed E-state index contributed by atoms with van der Waals surface area (Å²) in [5.41, 5.74) is 2.35. The van der Waals surface area contributed by atoms with Crippen LogP contribution in [0.2, 0.25) is 0 Å². The van der Waals surface area contributed by atoms with Crippen molar-refractivity contribution in [2.45, 2.75) is 26.4 Å². The van der Waals surface area contributed by atoms with Crippen LogP contribution >= 0.6 is 11.3 Å². The topological polar surface area (TPSA) is 37.4 Å². The zero-order valence-corrected chi connectivity index (χ0v) is 13.9. The quantitative estimate of drug-likeness (QED) is 0.850. The molecule has 0 saturated carbocycles. The van der Waals surface area contributed by atoms with Crippen LogP contribution in [0, 0.1) is 0 Å². The first-order chi connectivity index (χ1) is 10.1. The second-order valence-electron chi connectivity index (χ2n) is 5.04. The number of hydrogen-bond donors (Lipinski definition) is 1. The van der Waals surface area contributed by atoms with E-state index < -0.39 is 0 Å². The summed E-state index contributed by atoms with van der Waals surface area (Å²) in [5.74, 6) is 0.886. The molecule has 0 amide bonds. The van der Waals surface area contributed by atoms with E-state index in [0.29, 0.717) is 6.04 Å². The summed E-state index contributed by atoms with van der Waals surface area (Å²) in [6.07, 6.45) is 0. The van der Waals surface area contributed by atoms with Gasteiger partial charge in [-0.1, -0.05) is 19.1 Å². The van der Waals surface area contributed by atoms with E-state index >= 15 is 0 Å². The number of hydrogen-bond acceptors (Lipinski definition) is 5. The molecule has 2 rings (SSSR count). The molecule has 114 valence electrons. The molecule has 2 aromatic rings. The second-order valence-corrected chi connectivity index (χ2v) is 5.88. The van der Waals surface area contributed by atoms with Crippen LogP contribution in [-0.4, -0.2) is 25.7 Å². The van der Waals surface area contributed by atoms with Crippen molar-refractivity contribution >= 4 is 16.5 Å². The summed E-state index contributed by atoms with van der Waals surface area (Å²) in [7, 11) is 3.76. The number of thiazole rings is 1. The zero-order valence-electron chi connectivity index (χ0n) is 13.1. The van der Waals surface area contributed by atoms with E-state index in [1.165, 1.54) is 5.56 Å². The molecule has 0 fully saturated rings. The highest BCUT2D eigenvalue weighted by Crippen LogP contribution is 2.24. The first-order valence-electron chi connectivity index (χ1n) is 7.17. The van der Waals surface area contributed by atoms with E-state index in [-0.39, 0.29) is 0 Å². The highest BCUT2D eigenvalue weighted by atomic mass is 32.1. The lowest BCUT2D eigenvalue weighted by Crippen LogP contribution is -2.19. The Kier molecular flexibility index (Phi) is 5.59. The first kappa shape index (κ1) is 15.8. The molecule has 1 N–H and O–H groups in total. The number of benzene rings is 1. The van der Waals surface area contributed by atoms with Gasteiger partial charge in [-0.15, -0.1) is 11.3 Å². The molecule has 0 aliphatic heterocycles. The molecule has 0 bridgehead atoms. The maximum absolute atomic E-state index is 5.18. The van der Waals surface area contributed by atoms with Crippen LogP contribution in [0.4, 0.5) is 5.13 Å². The van der Waals surface area contributed by atoms with Gasteiger partial charge in [0, 0.05) is 25.0 Å². The molecule has 1 atom stereocenters. The molecule has 0 saturated heterocycles. The Balaban J connectivity index is 2.00. The molecule has 0 radical (unpaired) electrons. The SMILES string of the molecule is CCNC(C)c1csc(N(C)Cc2ccc(OC)cc2)n1. The number of aromatic nitrogens is 1. The van der Waals surface area contributed by atoms with Gasteiger partial charge in [-0.3, -0.25) is 0 Å². The van der Waals surface area contributed by atoms with E-state index in [9.17, 15) is 0 Å². The molecule has 5 heteroatoms. The predicted octanol–water partition coefficient (Wildman–Crippen LogP) is 3.46. The Morgan fingerprint density at radius 2 is 2.05 bits per heavy atom. The molecule has 0 aliphatic carbocycles. The van der Waals surface area contributed by atoms with Gasteiger partial charge in [0.2, 0.25) is 0 Å². The zero-order chi connectivity index (χ0) is 15.2. The van der Waals surface area contributed by atoms with Crippen LogP contribution in [0.25, 0.3) is 0 Å². The van der Waals surface area contributed by atoms with Crippen molar-refractivity contribution in [2.75, 3.05) is 25.6 Å². The number of ether oxygens (including phenoxy) is 1. The minimum atomic E-state index is 0.300. The van der Waals surface area contributed by atoms with Crippen LogP contribution in [0.3, 0.4) is 0 Å². The lowest BCUT2D eigenvalue weighted by Gasteiger charge is -2.16. The molecule has 1 unspecified atom stereocenters. The number of rotatable bonds is 7. The average Bonchev–Trinajstić information content (AvgIpc) is 2.98. The van der Waals surface area contributed by atoms with Crippen LogP contribution < -0.4 is 15.0 Å². The molecule has 4 nitrogen and oxygen atoms in total. The normalized spacial score (nSPS) is 12.2. The lowest BCUT2D eigenvalue weighted by atomic mass is 10.2. The summed E-state index contributed by atoms with van der Waals surface area (Å²) in [6, 6.07) is 8.46. The minimum Gasteiger partial charge on any atom is -0.497 e. The Labute approximate surface area is 130 Å². The van der Waals surface area contributed by atoms with Gasteiger partial charge in [-0.2, -0.15) is 0 Å². The Hall–Kier alpha value is -1.59. The van der Waals surface area contributed by atoms with E-state index in [2.05, 4.69) is 48.6 Å². The van der Waals surface area contributed by atoms with Gasteiger partial charge < -0.3 is 15.0 Å². The van der Waals surface area contributed by atoms with E-state index in [1.54, 1.807) is 18.4 Å². The maximum Gasteiger partial charge on any atom is 0.185 e. The first-order valence-corrected chi connectivity index (χ1v) is 8.05. The summed E-state index contributed by atoms with van der Waals surface area (Å²) in [5, 5.41) is 6.57. The van der Waals surface area contributed by atoms with Gasteiger partial charge in [-0.05, 0) is 31.2 Å². The Morgan fingerprint density at radius 3 is 2.67 bits per heavy atom. The summed E-state index contributed by atoms with van der Waals surface area (Å²) >= 11 is 1.69. The van der Waals surface area contributed by atoms with Crippen molar-refractivity contribution in [1.82, 2.24) is 10.3 Å². The highest BCUT2D eigenvalue weighted by Gasteiger charge is 2.11. The molecule has 21 heavy (non-hydrogen) atoms. The van der Waals surface area contributed by atoms with Gasteiger partial charge in [0.15, 0.2) is 5.13 Å². The molecule has 1 aromatic carbocycles. The standard InChI is InChI=1S/C16H23N3OS/c1-5-17-12(2)15-11-21-16(18-15)19(3)10-13-6-8-14(20-4)9-7-13/h6-9,11-12,17H,5,10H2,1-4H3. The number of anilines is 1. The maximum atomic E-state index is 5.18. The monoisotopic (exact) mass is 305 g/mol. The number of nitrogens with one attached hydrogen (secondary N) is 1. The van der Waals surface area contributed by atoms with Crippen LogP contribution in [0.5, 0.6) is 5.75 Å². The fourth-order valence-electron chi connectivity index (χ4n) is 2.13. The summed E-state index contributed by atoms with van der Waals surface area (Å²) < 4.78 is 5.18. The van der Waals surface area contributed by atoms with Crippen LogP contribution in [-0.2, 0) is 6.54 Å². The number of methoxy groups -OCH3 is 1. The fourth-order valence-corrected chi connectivity index (χ4v) is 3.02. The van der Waals surface area contributed by atoms with Crippen molar-refractivity contribution in [2.24, 2.45) is 0 Å². The fraction of sp³-hybridized carbons (Fsp3) is 0.438. The molecular weight excluding hydrogens is 282 g/mol. The third kappa shape index (κ3) is 4.19. The second kappa shape index (κ2) is 7.43.